The number of carbonyl (C=O) groups excluding carboxylic acids is 2. The van der Waals surface area contributed by atoms with Gasteiger partial charge in [0.05, 0.1) is 17.9 Å². The fourth-order valence-corrected chi connectivity index (χ4v) is 2.21. The van der Waals surface area contributed by atoms with E-state index in [0.29, 0.717) is 17.9 Å². The maximum atomic E-state index is 12.1. The van der Waals surface area contributed by atoms with E-state index in [1.807, 2.05) is 38.1 Å². The molecule has 0 saturated heterocycles. The minimum Gasteiger partial charge on any atom is -0.462 e. The van der Waals surface area contributed by atoms with Crippen LogP contribution in [0.25, 0.3) is 6.08 Å². The molecule has 0 spiro atoms. The first kappa shape index (κ1) is 19.2. The highest BCUT2D eigenvalue weighted by molar-refractivity contribution is 6.01. The molecule has 0 aliphatic carbocycles. The molecule has 2 amide bonds. The number of hydrogen-bond donors (Lipinski definition) is 2. The summed E-state index contributed by atoms with van der Waals surface area (Å²) >= 11 is 0. The molecule has 0 bridgehead atoms. The van der Waals surface area contributed by atoms with Crippen molar-refractivity contribution in [2.45, 2.75) is 26.7 Å². The fourth-order valence-electron chi connectivity index (χ4n) is 2.21. The lowest BCUT2D eigenvalue weighted by Crippen LogP contribution is -2.25. The van der Waals surface area contributed by atoms with Gasteiger partial charge in [-0.2, -0.15) is 0 Å². The molecule has 0 atom stereocenters. The van der Waals surface area contributed by atoms with Crippen molar-refractivity contribution in [2.75, 3.05) is 11.9 Å². The van der Waals surface area contributed by atoms with Gasteiger partial charge in [-0.15, -0.1) is 0 Å². The predicted molar refractivity (Wildman–Crippen MR) is 104 cm³/mol. The third-order valence-electron chi connectivity index (χ3n) is 3.69. The number of unbranched alkanes of at least 4 members (excludes halogenated alkanes) is 1. The second-order valence-electron chi connectivity index (χ2n) is 5.88. The van der Waals surface area contributed by atoms with Gasteiger partial charge in [-0.3, -0.25) is 0 Å². The number of ether oxygens (including phenoxy) is 1. The summed E-state index contributed by atoms with van der Waals surface area (Å²) in [5.74, 6) is -0.440. The minimum absolute atomic E-state index is 0.335. The van der Waals surface area contributed by atoms with Crippen LogP contribution in [0.15, 0.2) is 54.7 Å². The van der Waals surface area contributed by atoms with E-state index in [4.69, 9.17) is 4.74 Å². The molecule has 2 aromatic carbocycles. The highest BCUT2D eigenvalue weighted by atomic mass is 16.5. The number of urea groups is 1. The molecule has 0 aliphatic heterocycles. The van der Waals surface area contributed by atoms with Gasteiger partial charge in [-0.25, -0.2) is 9.59 Å². The summed E-state index contributed by atoms with van der Waals surface area (Å²) in [4.78, 5) is 24.2. The molecule has 5 nitrogen and oxygen atoms in total. The van der Waals surface area contributed by atoms with Crippen molar-refractivity contribution in [1.29, 1.82) is 0 Å². The van der Waals surface area contributed by atoms with Crippen LogP contribution in [0.1, 0.15) is 41.3 Å². The highest BCUT2D eigenvalue weighted by Crippen LogP contribution is 2.16. The number of anilines is 1. The summed E-state index contributed by atoms with van der Waals surface area (Å²) in [6.07, 6.45) is 5.11. The van der Waals surface area contributed by atoms with Crippen LogP contribution in [0.4, 0.5) is 10.5 Å². The van der Waals surface area contributed by atoms with Gasteiger partial charge in [0.15, 0.2) is 0 Å². The van der Waals surface area contributed by atoms with Gasteiger partial charge in [0.2, 0.25) is 0 Å². The lowest BCUT2D eigenvalue weighted by molar-refractivity contribution is 0.0501. The van der Waals surface area contributed by atoms with Crippen LogP contribution in [0.5, 0.6) is 0 Å². The van der Waals surface area contributed by atoms with Gasteiger partial charge >= 0.3 is 12.0 Å². The Kier molecular flexibility index (Phi) is 7.43. The molecule has 0 aliphatic rings. The first-order chi connectivity index (χ1) is 12.6. The monoisotopic (exact) mass is 352 g/mol. The Morgan fingerprint density at radius 3 is 2.54 bits per heavy atom. The number of esters is 1. The van der Waals surface area contributed by atoms with Crippen LogP contribution < -0.4 is 10.6 Å². The SMILES string of the molecule is CCCCOC(=O)c1ccccc1NC(=O)N/C=C/c1ccc(C)cc1. The van der Waals surface area contributed by atoms with Crippen LogP contribution in [0.3, 0.4) is 0 Å². The zero-order valence-corrected chi connectivity index (χ0v) is 15.1. The lowest BCUT2D eigenvalue weighted by Gasteiger charge is -2.10. The molecule has 2 N–H and O–H groups in total. The van der Waals surface area contributed by atoms with Crippen LogP contribution >= 0.6 is 0 Å². The normalized spacial score (nSPS) is 10.5. The molecule has 2 rings (SSSR count). The molecule has 0 radical (unpaired) electrons. The number of aryl methyl sites for hydroxylation is 1. The minimum atomic E-state index is -0.440. The van der Waals surface area contributed by atoms with Gasteiger partial charge in [0, 0.05) is 6.20 Å². The molecule has 26 heavy (non-hydrogen) atoms. The Hall–Kier alpha value is -3.08. The zero-order valence-electron chi connectivity index (χ0n) is 15.1. The molecular formula is C21H24N2O3. The van der Waals surface area contributed by atoms with E-state index in [1.54, 1.807) is 36.5 Å². The van der Waals surface area contributed by atoms with E-state index < -0.39 is 12.0 Å². The van der Waals surface area contributed by atoms with Gasteiger partial charge in [0.1, 0.15) is 0 Å². The summed E-state index contributed by atoms with van der Waals surface area (Å²) in [5.41, 5.74) is 2.91. The molecule has 0 aromatic heterocycles. The Balaban J connectivity index is 1.94. The number of rotatable bonds is 7. The Labute approximate surface area is 154 Å². The van der Waals surface area contributed by atoms with Crippen molar-refractivity contribution >= 4 is 23.8 Å². The quantitative estimate of drug-likeness (QED) is 0.558. The summed E-state index contributed by atoms with van der Waals surface area (Å²) in [6, 6.07) is 14.3. The number of para-hydroxylation sites is 1. The second-order valence-corrected chi connectivity index (χ2v) is 5.88. The van der Waals surface area contributed by atoms with Crippen LogP contribution in [-0.4, -0.2) is 18.6 Å². The van der Waals surface area contributed by atoms with E-state index >= 15 is 0 Å². The van der Waals surface area contributed by atoms with Gasteiger partial charge < -0.3 is 15.4 Å². The Bertz CT molecular complexity index is 767. The van der Waals surface area contributed by atoms with Crippen molar-refractivity contribution in [3.63, 3.8) is 0 Å². The summed E-state index contributed by atoms with van der Waals surface area (Å²) in [7, 11) is 0. The fraction of sp³-hybridized carbons (Fsp3) is 0.238. The number of benzene rings is 2. The number of amides is 2. The molecular weight excluding hydrogens is 328 g/mol. The van der Waals surface area contributed by atoms with Crippen molar-refractivity contribution in [1.82, 2.24) is 5.32 Å². The molecule has 0 fully saturated rings. The molecule has 0 saturated carbocycles. The molecule has 0 unspecified atom stereocenters. The average molecular weight is 352 g/mol. The van der Waals surface area contributed by atoms with Crippen LogP contribution in [0.2, 0.25) is 0 Å². The van der Waals surface area contributed by atoms with Crippen molar-refractivity contribution in [3.05, 3.63) is 71.4 Å². The van der Waals surface area contributed by atoms with E-state index in [9.17, 15) is 9.59 Å². The lowest BCUT2D eigenvalue weighted by atomic mass is 10.1. The number of nitrogens with one attached hydrogen (secondary N) is 2. The average Bonchev–Trinajstić information content (AvgIpc) is 2.64. The molecule has 0 heterocycles. The maximum absolute atomic E-state index is 12.1. The number of carbonyl (C=O) groups is 2. The molecule has 136 valence electrons. The third kappa shape index (κ3) is 6.09. The second kappa shape index (κ2) is 10.0. The van der Waals surface area contributed by atoms with E-state index in [2.05, 4.69) is 10.6 Å². The van der Waals surface area contributed by atoms with Gasteiger partial charge in [-0.1, -0.05) is 55.3 Å². The maximum Gasteiger partial charge on any atom is 0.340 e. The number of hydrogen-bond acceptors (Lipinski definition) is 3. The summed E-state index contributed by atoms with van der Waals surface area (Å²) in [5, 5.41) is 5.31. The summed E-state index contributed by atoms with van der Waals surface area (Å²) in [6.45, 7) is 4.41. The molecule has 2 aromatic rings. The first-order valence-electron chi connectivity index (χ1n) is 8.67. The van der Waals surface area contributed by atoms with Crippen LogP contribution in [0, 0.1) is 6.92 Å². The third-order valence-corrected chi connectivity index (χ3v) is 3.69. The zero-order chi connectivity index (χ0) is 18.8. The van der Waals surface area contributed by atoms with Gasteiger partial charge in [0.25, 0.3) is 0 Å². The van der Waals surface area contributed by atoms with E-state index in [-0.39, 0.29) is 0 Å². The van der Waals surface area contributed by atoms with Gasteiger partial charge in [-0.05, 0) is 37.1 Å². The highest BCUT2D eigenvalue weighted by Gasteiger charge is 2.13. The molecule has 5 heteroatoms. The Morgan fingerprint density at radius 1 is 1.08 bits per heavy atom. The standard InChI is InChI=1S/C21H24N2O3/c1-3-4-15-26-20(24)18-7-5-6-8-19(18)23-21(25)22-14-13-17-11-9-16(2)10-12-17/h5-14H,3-4,15H2,1-2H3,(H2,22,23,25)/b14-13+. The first-order valence-corrected chi connectivity index (χ1v) is 8.67. The Morgan fingerprint density at radius 2 is 1.81 bits per heavy atom. The topological polar surface area (TPSA) is 67.4 Å². The predicted octanol–water partition coefficient (Wildman–Crippen LogP) is 4.74. The van der Waals surface area contributed by atoms with E-state index in [0.717, 1.165) is 18.4 Å². The van der Waals surface area contributed by atoms with Crippen LogP contribution in [-0.2, 0) is 4.74 Å². The van der Waals surface area contributed by atoms with Crippen molar-refractivity contribution in [2.24, 2.45) is 0 Å². The van der Waals surface area contributed by atoms with E-state index in [1.165, 1.54) is 5.56 Å². The largest absolute Gasteiger partial charge is 0.462 e. The van der Waals surface area contributed by atoms with Crippen molar-refractivity contribution in [3.8, 4) is 0 Å². The smallest absolute Gasteiger partial charge is 0.340 e. The summed E-state index contributed by atoms with van der Waals surface area (Å²) < 4.78 is 5.21. The van der Waals surface area contributed by atoms with Crippen molar-refractivity contribution < 1.29 is 14.3 Å².